The average molecular weight is 271 g/mol. The molecule has 0 saturated carbocycles. The zero-order chi connectivity index (χ0) is 14.0. The van der Waals surface area contributed by atoms with Gasteiger partial charge in [0, 0.05) is 13.2 Å². The number of hydrogen-bond acceptors (Lipinski definition) is 3. The fourth-order valence-corrected chi connectivity index (χ4v) is 1.51. The molecule has 7 heteroatoms. The maximum atomic E-state index is 12.4. The zero-order valence-electron chi connectivity index (χ0n) is 10.1. The highest BCUT2D eigenvalue weighted by molar-refractivity contribution is 5.29. The van der Waals surface area contributed by atoms with Crippen molar-refractivity contribution >= 4 is 5.95 Å². The Morgan fingerprint density at radius 2 is 1.89 bits per heavy atom. The van der Waals surface area contributed by atoms with Crippen LogP contribution in [0.3, 0.4) is 0 Å². The van der Waals surface area contributed by atoms with Gasteiger partial charge in [0.15, 0.2) is 5.95 Å². The van der Waals surface area contributed by atoms with E-state index in [1.54, 1.807) is 17.8 Å². The number of nitrogens with two attached hydrogens (primary N) is 1. The first-order valence-corrected chi connectivity index (χ1v) is 5.44. The van der Waals surface area contributed by atoms with Gasteiger partial charge in [-0.15, -0.1) is 0 Å². The van der Waals surface area contributed by atoms with Crippen LogP contribution in [0.1, 0.15) is 11.3 Å². The van der Waals surface area contributed by atoms with Crippen LogP contribution in [0.15, 0.2) is 30.5 Å². The fourth-order valence-electron chi connectivity index (χ4n) is 1.51. The van der Waals surface area contributed by atoms with Crippen LogP contribution in [0.4, 0.5) is 19.1 Å². The molecule has 2 aromatic rings. The van der Waals surface area contributed by atoms with E-state index in [4.69, 9.17) is 10.5 Å². The third-order valence-corrected chi connectivity index (χ3v) is 2.53. The number of halogens is 3. The number of aryl methyl sites for hydroxylation is 1. The van der Waals surface area contributed by atoms with Crippen LogP contribution >= 0.6 is 0 Å². The van der Waals surface area contributed by atoms with Gasteiger partial charge in [-0.25, -0.2) is 4.98 Å². The van der Waals surface area contributed by atoms with Crippen molar-refractivity contribution in [2.45, 2.75) is 12.8 Å². The van der Waals surface area contributed by atoms with Crippen molar-refractivity contribution in [2.24, 2.45) is 7.05 Å². The Morgan fingerprint density at radius 1 is 1.26 bits per heavy atom. The second-order valence-electron chi connectivity index (χ2n) is 4.01. The maximum absolute atomic E-state index is 12.4. The Morgan fingerprint density at radius 3 is 2.37 bits per heavy atom. The van der Waals surface area contributed by atoms with Crippen LogP contribution in [0.2, 0.25) is 0 Å². The fraction of sp³-hybridized carbons (Fsp3) is 0.250. The molecule has 0 fully saturated rings. The van der Waals surface area contributed by atoms with E-state index in [1.807, 2.05) is 0 Å². The topological polar surface area (TPSA) is 53.1 Å². The number of anilines is 1. The standard InChI is InChI=1S/C12H12F3N3O/c1-18-6-9(17-11(18)16)7-19-10-4-2-8(3-5-10)12(13,14)15/h2-6H,7H2,1H3,(H2,16,17). The lowest BCUT2D eigenvalue weighted by Gasteiger charge is -2.08. The minimum Gasteiger partial charge on any atom is -0.487 e. The van der Waals surface area contributed by atoms with Crippen molar-refractivity contribution < 1.29 is 17.9 Å². The first-order valence-electron chi connectivity index (χ1n) is 5.44. The number of alkyl halides is 3. The van der Waals surface area contributed by atoms with Gasteiger partial charge in [0.25, 0.3) is 0 Å². The summed E-state index contributed by atoms with van der Waals surface area (Å²) in [7, 11) is 1.74. The number of benzene rings is 1. The molecule has 0 amide bonds. The zero-order valence-corrected chi connectivity index (χ0v) is 10.1. The second kappa shape index (κ2) is 4.83. The van der Waals surface area contributed by atoms with Gasteiger partial charge in [0.05, 0.1) is 11.3 Å². The normalized spacial score (nSPS) is 11.6. The van der Waals surface area contributed by atoms with Crippen molar-refractivity contribution in [3.63, 3.8) is 0 Å². The van der Waals surface area contributed by atoms with Gasteiger partial charge in [0.2, 0.25) is 0 Å². The minimum atomic E-state index is -4.34. The molecule has 0 aliphatic rings. The first kappa shape index (κ1) is 13.3. The molecular weight excluding hydrogens is 259 g/mol. The number of ether oxygens (including phenoxy) is 1. The second-order valence-corrected chi connectivity index (χ2v) is 4.01. The molecule has 1 heterocycles. The molecule has 0 unspecified atom stereocenters. The van der Waals surface area contributed by atoms with Crippen molar-refractivity contribution in [3.05, 3.63) is 41.7 Å². The van der Waals surface area contributed by atoms with Crippen LogP contribution < -0.4 is 10.5 Å². The molecule has 2 rings (SSSR count). The summed E-state index contributed by atoms with van der Waals surface area (Å²) in [6.45, 7) is 0.149. The van der Waals surface area contributed by atoms with E-state index in [0.29, 0.717) is 17.4 Å². The minimum absolute atomic E-state index is 0.149. The molecule has 1 aromatic heterocycles. The summed E-state index contributed by atoms with van der Waals surface area (Å²) in [4.78, 5) is 4.02. The molecule has 0 aliphatic carbocycles. The van der Waals surface area contributed by atoms with E-state index in [-0.39, 0.29) is 6.61 Å². The number of rotatable bonds is 3. The highest BCUT2D eigenvalue weighted by Crippen LogP contribution is 2.30. The third kappa shape index (κ3) is 3.18. The highest BCUT2D eigenvalue weighted by atomic mass is 19.4. The Kier molecular flexibility index (Phi) is 3.37. The summed E-state index contributed by atoms with van der Waals surface area (Å²) in [5.74, 6) is 0.697. The molecule has 0 atom stereocenters. The average Bonchev–Trinajstić information content (AvgIpc) is 2.66. The summed E-state index contributed by atoms with van der Waals surface area (Å²) in [6.07, 6.45) is -2.65. The molecule has 0 bridgehead atoms. The van der Waals surface area contributed by atoms with Crippen LogP contribution in [-0.4, -0.2) is 9.55 Å². The van der Waals surface area contributed by atoms with E-state index in [0.717, 1.165) is 12.1 Å². The van der Waals surface area contributed by atoms with Crippen LogP contribution in [0, 0.1) is 0 Å². The monoisotopic (exact) mass is 271 g/mol. The summed E-state index contributed by atoms with van der Waals surface area (Å²) in [6, 6.07) is 4.49. The SMILES string of the molecule is Cn1cc(COc2ccc(C(F)(F)F)cc2)nc1N. The molecule has 19 heavy (non-hydrogen) atoms. The van der Waals surface area contributed by atoms with Gasteiger partial charge in [-0.2, -0.15) is 13.2 Å². The highest BCUT2D eigenvalue weighted by Gasteiger charge is 2.29. The van der Waals surface area contributed by atoms with Crippen molar-refractivity contribution in [1.29, 1.82) is 0 Å². The van der Waals surface area contributed by atoms with Crippen molar-refractivity contribution in [1.82, 2.24) is 9.55 Å². The van der Waals surface area contributed by atoms with E-state index in [1.165, 1.54) is 12.1 Å². The largest absolute Gasteiger partial charge is 0.487 e. The summed E-state index contributed by atoms with van der Waals surface area (Å²) in [5.41, 5.74) is 5.45. The number of nitrogens with zero attached hydrogens (tertiary/aromatic N) is 2. The van der Waals surface area contributed by atoms with Gasteiger partial charge in [-0.1, -0.05) is 0 Å². The van der Waals surface area contributed by atoms with E-state index >= 15 is 0 Å². The number of hydrogen-bond donors (Lipinski definition) is 1. The van der Waals surface area contributed by atoms with Crippen molar-refractivity contribution in [2.75, 3.05) is 5.73 Å². The quantitative estimate of drug-likeness (QED) is 0.933. The van der Waals surface area contributed by atoms with Gasteiger partial charge in [0.1, 0.15) is 12.4 Å². The summed E-state index contributed by atoms with van der Waals surface area (Å²) < 4.78 is 44.0. The Bertz CT molecular complexity index is 541. The predicted molar refractivity (Wildman–Crippen MR) is 63.4 cm³/mol. The molecule has 102 valence electrons. The van der Waals surface area contributed by atoms with E-state index < -0.39 is 11.7 Å². The van der Waals surface area contributed by atoms with E-state index in [9.17, 15) is 13.2 Å². The molecule has 0 radical (unpaired) electrons. The Hall–Kier alpha value is -2.18. The summed E-state index contributed by atoms with van der Waals surface area (Å²) >= 11 is 0. The Balaban J connectivity index is 2.00. The summed E-state index contributed by atoms with van der Waals surface area (Å²) in [5, 5.41) is 0. The van der Waals surface area contributed by atoms with Crippen LogP contribution in [0.25, 0.3) is 0 Å². The number of nitrogen functional groups attached to an aromatic ring is 1. The molecular formula is C12H12F3N3O. The lowest BCUT2D eigenvalue weighted by molar-refractivity contribution is -0.137. The van der Waals surface area contributed by atoms with Crippen molar-refractivity contribution in [3.8, 4) is 5.75 Å². The molecule has 4 nitrogen and oxygen atoms in total. The van der Waals surface area contributed by atoms with Gasteiger partial charge in [-0.3, -0.25) is 0 Å². The lowest BCUT2D eigenvalue weighted by Crippen LogP contribution is -2.04. The number of imidazole rings is 1. The van der Waals surface area contributed by atoms with Crippen LogP contribution in [0.5, 0.6) is 5.75 Å². The molecule has 0 saturated heterocycles. The lowest BCUT2D eigenvalue weighted by atomic mass is 10.2. The molecule has 0 aliphatic heterocycles. The van der Waals surface area contributed by atoms with E-state index in [2.05, 4.69) is 4.98 Å². The van der Waals surface area contributed by atoms with Crippen LogP contribution in [-0.2, 0) is 19.8 Å². The number of aromatic nitrogens is 2. The molecule has 0 spiro atoms. The van der Waals surface area contributed by atoms with Gasteiger partial charge < -0.3 is 15.0 Å². The molecule has 1 aromatic carbocycles. The van der Waals surface area contributed by atoms with Gasteiger partial charge in [-0.05, 0) is 24.3 Å². The Labute approximate surface area is 107 Å². The first-order chi connectivity index (χ1) is 8.86. The molecule has 2 N–H and O–H groups in total. The maximum Gasteiger partial charge on any atom is 0.416 e. The predicted octanol–water partition coefficient (Wildman–Crippen LogP) is 2.60. The smallest absolute Gasteiger partial charge is 0.416 e. The third-order valence-electron chi connectivity index (χ3n) is 2.53. The van der Waals surface area contributed by atoms with Gasteiger partial charge >= 0.3 is 6.18 Å².